The first kappa shape index (κ1) is 12.4. The molecule has 2 rings (SSSR count). The average molecular weight is 267 g/mol. The number of hydrogen-bond donors (Lipinski definition) is 1. The van der Waals surface area contributed by atoms with Gasteiger partial charge in [-0.05, 0) is 24.3 Å². The molecule has 1 aromatic carbocycles. The van der Waals surface area contributed by atoms with E-state index in [0.29, 0.717) is 0 Å². The number of rotatable bonds is 3. The molecular weight excluding hydrogens is 257 g/mol. The van der Waals surface area contributed by atoms with Crippen LogP contribution in [0.2, 0.25) is 0 Å². The zero-order valence-corrected chi connectivity index (χ0v) is 10.1. The monoisotopic (exact) mass is 267 g/mol. The molecule has 2 N–H and O–H groups in total. The highest BCUT2D eigenvalue weighted by Gasteiger charge is 2.18. The minimum absolute atomic E-state index is 0.0927. The zero-order valence-electron chi connectivity index (χ0n) is 9.25. The minimum atomic E-state index is -3.67. The van der Waals surface area contributed by atoms with Crippen molar-refractivity contribution < 1.29 is 12.8 Å². The van der Waals surface area contributed by atoms with Gasteiger partial charge in [-0.3, -0.25) is 0 Å². The summed E-state index contributed by atoms with van der Waals surface area (Å²) in [4.78, 5) is 7.50. The Bertz CT molecular complexity index is 659. The second-order valence-electron chi connectivity index (χ2n) is 3.61. The van der Waals surface area contributed by atoms with Crippen LogP contribution in [0.15, 0.2) is 41.6 Å². The largest absolute Gasteiger partial charge is 0.396 e. The third-order valence-corrected chi connectivity index (χ3v) is 3.88. The number of hydrogen-bond acceptors (Lipinski definition) is 5. The Morgan fingerprint density at radius 1 is 1.22 bits per heavy atom. The van der Waals surface area contributed by atoms with Gasteiger partial charge in [0.2, 0.25) is 0 Å². The van der Waals surface area contributed by atoms with Crippen molar-refractivity contribution in [1.29, 1.82) is 0 Å². The van der Waals surface area contributed by atoms with Gasteiger partial charge in [-0.2, -0.15) is 0 Å². The van der Waals surface area contributed by atoms with Crippen molar-refractivity contribution in [3.63, 3.8) is 0 Å². The maximum atomic E-state index is 13.2. The van der Waals surface area contributed by atoms with Crippen LogP contribution in [0.5, 0.6) is 0 Å². The minimum Gasteiger partial charge on any atom is -0.396 e. The van der Waals surface area contributed by atoms with Crippen LogP contribution < -0.4 is 5.73 Å². The summed E-state index contributed by atoms with van der Waals surface area (Å²) in [5, 5.41) is 0. The van der Waals surface area contributed by atoms with Crippen LogP contribution in [0, 0.1) is 5.82 Å². The van der Waals surface area contributed by atoms with Gasteiger partial charge in [-0.1, -0.05) is 0 Å². The molecular formula is C11H10FN3O2S. The standard InChI is InChI=1S/C11H10FN3O2S/c12-9-6-8(2-3-10(9)13)18(16,17)7-11-14-4-1-5-15-11/h1-6H,7,13H2. The van der Waals surface area contributed by atoms with Crippen molar-refractivity contribution in [3.05, 3.63) is 48.3 Å². The summed E-state index contributed by atoms with van der Waals surface area (Å²) in [7, 11) is -3.67. The van der Waals surface area contributed by atoms with Gasteiger partial charge in [-0.25, -0.2) is 22.8 Å². The highest BCUT2D eigenvalue weighted by atomic mass is 32.2. The summed E-state index contributed by atoms with van der Waals surface area (Å²) in [6.07, 6.45) is 2.89. The molecule has 18 heavy (non-hydrogen) atoms. The Hall–Kier alpha value is -2.02. The molecule has 0 saturated heterocycles. The van der Waals surface area contributed by atoms with Gasteiger partial charge in [0.15, 0.2) is 9.84 Å². The van der Waals surface area contributed by atoms with E-state index >= 15 is 0 Å². The predicted octanol–water partition coefficient (Wildman–Crippen LogP) is 1.17. The number of aromatic nitrogens is 2. The summed E-state index contributed by atoms with van der Waals surface area (Å²) in [5.74, 6) is -0.975. The molecule has 1 aromatic heterocycles. The lowest BCUT2D eigenvalue weighted by atomic mass is 10.3. The second-order valence-corrected chi connectivity index (χ2v) is 5.60. The highest BCUT2D eigenvalue weighted by Crippen LogP contribution is 2.19. The van der Waals surface area contributed by atoms with Crippen LogP contribution >= 0.6 is 0 Å². The van der Waals surface area contributed by atoms with Gasteiger partial charge < -0.3 is 5.73 Å². The number of anilines is 1. The van der Waals surface area contributed by atoms with Crippen LogP contribution in [-0.2, 0) is 15.6 Å². The molecule has 5 nitrogen and oxygen atoms in total. The molecule has 0 unspecified atom stereocenters. The molecule has 2 aromatic rings. The quantitative estimate of drug-likeness (QED) is 0.844. The molecule has 94 valence electrons. The fourth-order valence-electron chi connectivity index (χ4n) is 1.36. The topological polar surface area (TPSA) is 85.9 Å². The lowest BCUT2D eigenvalue weighted by Gasteiger charge is -2.04. The SMILES string of the molecule is Nc1ccc(S(=O)(=O)Cc2ncccn2)cc1F. The molecule has 0 spiro atoms. The Kier molecular flexibility index (Phi) is 3.24. The summed E-state index contributed by atoms with van der Waals surface area (Å²) >= 11 is 0. The molecule has 0 radical (unpaired) electrons. The van der Waals surface area contributed by atoms with Crippen LogP contribution in [0.1, 0.15) is 5.82 Å². The van der Waals surface area contributed by atoms with Crippen LogP contribution in [0.4, 0.5) is 10.1 Å². The number of sulfone groups is 1. The third-order valence-electron chi connectivity index (χ3n) is 2.27. The first-order valence-electron chi connectivity index (χ1n) is 5.03. The summed E-state index contributed by atoms with van der Waals surface area (Å²) in [6.45, 7) is 0. The molecule has 0 aliphatic rings. The smallest absolute Gasteiger partial charge is 0.185 e. The van der Waals surface area contributed by atoms with Gasteiger partial charge in [0, 0.05) is 12.4 Å². The number of nitrogen functional groups attached to an aromatic ring is 1. The average Bonchev–Trinajstić information content (AvgIpc) is 2.33. The fraction of sp³-hybridized carbons (Fsp3) is 0.0909. The Morgan fingerprint density at radius 2 is 1.89 bits per heavy atom. The van der Waals surface area contributed by atoms with Crippen LogP contribution in [0.25, 0.3) is 0 Å². The molecule has 0 amide bonds. The Labute approximate surface area is 103 Å². The molecule has 0 fully saturated rings. The molecule has 7 heteroatoms. The summed E-state index contributed by atoms with van der Waals surface area (Å²) in [6, 6.07) is 4.96. The normalized spacial score (nSPS) is 11.4. The van der Waals surface area contributed by atoms with Crippen molar-refractivity contribution in [1.82, 2.24) is 9.97 Å². The fourth-order valence-corrected chi connectivity index (χ4v) is 2.57. The first-order valence-corrected chi connectivity index (χ1v) is 6.68. The van der Waals surface area contributed by atoms with Gasteiger partial charge in [0.25, 0.3) is 0 Å². The van der Waals surface area contributed by atoms with E-state index in [9.17, 15) is 12.8 Å². The Balaban J connectivity index is 2.34. The lowest BCUT2D eigenvalue weighted by Crippen LogP contribution is -2.08. The molecule has 0 aliphatic carbocycles. The van der Waals surface area contributed by atoms with E-state index in [4.69, 9.17) is 5.73 Å². The molecule has 0 saturated carbocycles. The zero-order chi connectivity index (χ0) is 13.2. The molecule has 1 heterocycles. The molecule has 0 bridgehead atoms. The predicted molar refractivity (Wildman–Crippen MR) is 63.7 cm³/mol. The lowest BCUT2D eigenvalue weighted by molar-refractivity contribution is 0.589. The molecule has 0 atom stereocenters. The van der Waals surface area contributed by atoms with E-state index in [-0.39, 0.29) is 22.2 Å². The van der Waals surface area contributed by atoms with Gasteiger partial charge in [0.05, 0.1) is 10.6 Å². The van der Waals surface area contributed by atoms with E-state index < -0.39 is 15.7 Å². The maximum absolute atomic E-state index is 13.2. The van der Waals surface area contributed by atoms with Gasteiger partial charge in [-0.15, -0.1) is 0 Å². The van der Waals surface area contributed by atoms with Crippen molar-refractivity contribution in [2.45, 2.75) is 10.6 Å². The van der Waals surface area contributed by atoms with Crippen molar-refractivity contribution in [3.8, 4) is 0 Å². The van der Waals surface area contributed by atoms with Crippen LogP contribution in [0.3, 0.4) is 0 Å². The van der Waals surface area contributed by atoms with E-state index in [0.717, 1.165) is 6.07 Å². The van der Waals surface area contributed by atoms with Crippen molar-refractivity contribution in [2.24, 2.45) is 0 Å². The van der Waals surface area contributed by atoms with E-state index in [1.54, 1.807) is 6.07 Å². The number of nitrogens with two attached hydrogens (primary N) is 1. The summed E-state index contributed by atoms with van der Waals surface area (Å²) in [5.41, 5.74) is 5.20. The van der Waals surface area contributed by atoms with E-state index in [2.05, 4.69) is 9.97 Å². The van der Waals surface area contributed by atoms with E-state index in [1.807, 2.05) is 0 Å². The van der Waals surface area contributed by atoms with E-state index in [1.165, 1.54) is 24.5 Å². The first-order chi connectivity index (χ1) is 8.49. The van der Waals surface area contributed by atoms with Gasteiger partial charge >= 0.3 is 0 Å². The maximum Gasteiger partial charge on any atom is 0.185 e. The second kappa shape index (κ2) is 4.69. The number of nitrogens with zero attached hydrogens (tertiary/aromatic N) is 2. The summed E-state index contributed by atoms with van der Waals surface area (Å²) < 4.78 is 37.2. The number of benzene rings is 1. The van der Waals surface area contributed by atoms with Crippen molar-refractivity contribution >= 4 is 15.5 Å². The molecule has 0 aliphatic heterocycles. The number of halogens is 1. The van der Waals surface area contributed by atoms with Crippen LogP contribution in [-0.4, -0.2) is 18.4 Å². The third kappa shape index (κ3) is 2.62. The van der Waals surface area contributed by atoms with Gasteiger partial charge in [0.1, 0.15) is 17.4 Å². The van der Waals surface area contributed by atoms with Crippen molar-refractivity contribution in [2.75, 3.05) is 5.73 Å². The Morgan fingerprint density at radius 3 is 2.50 bits per heavy atom. The highest BCUT2D eigenvalue weighted by molar-refractivity contribution is 7.90.